The number of hydrogen-bond donors (Lipinski definition) is 2. The maximum atomic E-state index is 11.5. The van der Waals surface area contributed by atoms with Crippen molar-refractivity contribution in [3.8, 4) is 0 Å². The van der Waals surface area contributed by atoms with Gasteiger partial charge in [-0.25, -0.2) is 0 Å². The van der Waals surface area contributed by atoms with E-state index in [1.807, 2.05) is 0 Å². The first-order chi connectivity index (χ1) is 8.47. The van der Waals surface area contributed by atoms with E-state index >= 15 is 0 Å². The van der Waals surface area contributed by atoms with Gasteiger partial charge in [0.15, 0.2) is 0 Å². The van der Waals surface area contributed by atoms with Gasteiger partial charge in [-0.05, 0) is 32.7 Å². The lowest BCUT2D eigenvalue weighted by atomic mass is 10.1. The fourth-order valence-corrected chi connectivity index (χ4v) is 1.55. The Morgan fingerprint density at radius 3 is 2.44 bits per heavy atom. The van der Waals surface area contributed by atoms with Gasteiger partial charge in [-0.15, -0.1) is 0 Å². The number of carbonyl (C=O) groups is 1. The van der Waals surface area contributed by atoms with Crippen molar-refractivity contribution in [2.24, 2.45) is 5.92 Å². The van der Waals surface area contributed by atoms with Crippen molar-refractivity contribution < 1.29 is 4.79 Å². The molecule has 0 aromatic rings. The zero-order chi connectivity index (χ0) is 14.0. The Hall–Kier alpha value is -0.610. The lowest BCUT2D eigenvalue weighted by Crippen LogP contribution is -2.39. The lowest BCUT2D eigenvalue weighted by Gasteiger charge is -2.23. The van der Waals surface area contributed by atoms with Gasteiger partial charge >= 0.3 is 0 Å². The van der Waals surface area contributed by atoms with E-state index < -0.39 is 0 Å². The van der Waals surface area contributed by atoms with Crippen molar-refractivity contribution in [3.63, 3.8) is 0 Å². The number of likely N-dealkylation sites (N-methyl/N-ethyl adjacent to an activating group) is 1. The van der Waals surface area contributed by atoms with E-state index in [2.05, 4.69) is 50.3 Å². The molecule has 1 atom stereocenters. The minimum atomic E-state index is 0.0989. The first kappa shape index (κ1) is 17.4. The van der Waals surface area contributed by atoms with E-state index in [0.29, 0.717) is 18.5 Å². The molecule has 0 aliphatic heterocycles. The topological polar surface area (TPSA) is 44.4 Å². The summed E-state index contributed by atoms with van der Waals surface area (Å²) >= 11 is 0. The van der Waals surface area contributed by atoms with Crippen LogP contribution in [0.5, 0.6) is 0 Å². The molecule has 0 saturated carbocycles. The lowest BCUT2D eigenvalue weighted by molar-refractivity contribution is -0.120. The van der Waals surface area contributed by atoms with E-state index in [1.165, 1.54) is 0 Å². The fraction of sp³-hybridized carbons (Fsp3) is 0.929. The van der Waals surface area contributed by atoms with Crippen LogP contribution in [0.4, 0.5) is 0 Å². The molecule has 0 aromatic heterocycles. The standard InChI is InChI=1S/C14H31N3O/c1-6-13(4)17(5)10-9-15-11-14(18)16-8-7-12(2)3/h12-13,15H,6-11H2,1-5H3,(H,16,18). The molecule has 0 fully saturated rings. The van der Waals surface area contributed by atoms with Gasteiger partial charge in [0.2, 0.25) is 5.91 Å². The first-order valence-corrected chi connectivity index (χ1v) is 7.15. The molecule has 18 heavy (non-hydrogen) atoms. The highest BCUT2D eigenvalue weighted by atomic mass is 16.1. The predicted octanol–water partition coefficient (Wildman–Crippen LogP) is 1.47. The summed E-state index contributed by atoms with van der Waals surface area (Å²) in [4.78, 5) is 13.8. The molecular weight excluding hydrogens is 226 g/mol. The molecule has 108 valence electrons. The van der Waals surface area contributed by atoms with Gasteiger partial charge in [0, 0.05) is 25.7 Å². The Labute approximate surface area is 113 Å². The van der Waals surface area contributed by atoms with Crippen molar-refractivity contribution >= 4 is 5.91 Å². The Balaban J connectivity index is 3.45. The maximum absolute atomic E-state index is 11.5. The van der Waals surface area contributed by atoms with E-state index in [1.54, 1.807) is 0 Å². The summed E-state index contributed by atoms with van der Waals surface area (Å²) in [6.45, 7) is 11.8. The summed E-state index contributed by atoms with van der Waals surface area (Å²) in [5, 5.41) is 6.10. The van der Waals surface area contributed by atoms with Crippen LogP contribution in [0, 0.1) is 5.92 Å². The third-order valence-corrected chi connectivity index (χ3v) is 3.31. The Bertz CT molecular complexity index is 219. The molecule has 0 aliphatic rings. The van der Waals surface area contributed by atoms with Crippen LogP contribution in [0.25, 0.3) is 0 Å². The van der Waals surface area contributed by atoms with Crippen LogP contribution in [-0.4, -0.2) is 50.1 Å². The van der Waals surface area contributed by atoms with Crippen molar-refractivity contribution in [1.29, 1.82) is 0 Å². The Morgan fingerprint density at radius 2 is 1.89 bits per heavy atom. The molecule has 0 rings (SSSR count). The van der Waals surface area contributed by atoms with Crippen LogP contribution in [0.2, 0.25) is 0 Å². The summed E-state index contributed by atoms with van der Waals surface area (Å²) < 4.78 is 0. The number of amides is 1. The maximum Gasteiger partial charge on any atom is 0.233 e. The minimum Gasteiger partial charge on any atom is -0.355 e. The van der Waals surface area contributed by atoms with Crippen molar-refractivity contribution in [1.82, 2.24) is 15.5 Å². The predicted molar refractivity (Wildman–Crippen MR) is 77.7 cm³/mol. The molecule has 0 spiro atoms. The van der Waals surface area contributed by atoms with Gasteiger partial charge in [0.05, 0.1) is 6.54 Å². The van der Waals surface area contributed by atoms with E-state index in [0.717, 1.165) is 32.5 Å². The average molecular weight is 257 g/mol. The largest absolute Gasteiger partial charge is 0.355 e. The molecule has 0 bridgehead atoms. The first-order valence-electron chi connectivity index (χ1n) is 7.15. The molecule has 4 nitrogen and oxygen atoms in total. The van der Waals surface area contributed by atoms with Crippen molar-refractivity contribution in [3.05, 3.63) is 0 Å². The Morgan fingerprint density at radius 1 is 1.22 bits per heavy atom. The van der Waals surface area contributed by atoms with E-state index in [9.17, 15) is 4.79 Å². The van der Waals surface area contributed by atoms with Gasteiger partial charge in [-0.3, -0.25) is 4.79 Å². The molecule has 1 amide bonds. The monoisotopic (exact) mass is 257 g/mol. The number of carbonyl (C=O) groups excluding carboxylic acids is 1. The number of nitrogens with one attached hydrogen (secondary N) is 2. The minimum absolute atomic E-state index is 0.0989. The molecule has 1 unspecified atom stereocenters. The van der Waals surface area contributed by atoms with Crippen LogP contribution in [0.1, 0.15) is 40.5 Å². The smallest absolute Gasteiger partial charge is 0.233 e. The molecule has 0 radical (unpaired) electrons. The summed E-state index contributed by atoms with van der Waals surface area (Å²) in [5.41, 5.74) is 0. The third kappa shape index (κ3) is 9.42. The van der Waals surface area contributed by atoms with Gasteiger partial charge in [-0.2, -0.15) is 0 Å². The summed E-state index contributed by atoms with van der Waals surface area (Å²) in [5.74, 6) is 0.740. The normalized spacial score (nSPS) is 13.1. The number of rotatable bonds is 10. The summed E-state index contributed by atoms with van der Waals surface area (Å²) in [6.07, 6.45) is 2.20. The number of hydrogen-bond acceptors (Lipinski definition) is 3. The molecule has 0 saturated heterocycles. The van der Waals surface area contributed by atoms with Crippen molar-refractivity contribution in [2.75, 3.05) is 33.2 Å². The summed E-state index contributed by atoms with van der Waals surface area (Å²) in [7, 11) is 2.12. The van der Waals surface area contributed by atoms with Crippen molar-refractivity contribution in [2.45, 2.75) is 46.6 Å². The van der Waals surface area contributed by atoms with Crippen LogP contribution in [0.15, 0.2) is 0 Å². The second-order valence-electron chi connectivity index (χ2n) is 5.45. The third-order valence-electron chi connectivity index (χ3n) is 3.31. The summed E-state index contributed by atoms with van der Waals surface area (Å²) in [6, 6.07) is 0.603. The highest BCUT2D eigenvalue weighted by Crippen LogP contribution is 1.98. The molecule has 0 heterocycles. The fourth-order valence-electron chi connectivity index (χ4n) is 1.55. The Kier molecular flexibility index (Phi) is 9.98. The van der Waals surface area contributed by atoms with Crippen LogP contribution in [-0.2, 0) is 4.79 Å². The molecule has 0 aliphatic carbocycles. The van der Waals surface area contributed by atoms with Gasteiger partial charge in [-0.1, -0.05) is 20.8 Å². The number of nitrogens with zero attached hydrogens (tertiary/aromatic N) is 1. The van der Waals surface area contributed by atoms with Gasteiger partial charge in [0.1, 0.15) is 0 Å². The molecular formula is C14H31N3O. The quantitative estimate of drug-likeness (QED) is 0.583. The van der Waals surface area contributed by atoms with E-state index in [4.69, 9.17) is 0 Å². The van der Waals surface area contributed by atoms with Crippen LogP contribution < -0.4 is 10.6 Å². The zero-order valence-electron chi connectivity index (χ0n) is 12.8. The van der Waals surface area contributed by atoms with E-state index in [-0.39, 0.29) is 5.91 Å². The zero-order valence-corrected chi connectivity index (χ0v) is 12.8. The second kappa shape index (κ2) is 10.3. The van der Waals surface area contributed by atoms with Crippen LogP contribution in [0.3, 0.4) is 0 Å². The average Bonchev–Trinajstić information content (AvgIpc) is 2.32. The SMILES string of the molecule is CCC(C)N(C)CCNCC(=O)NCCC(C)C. The highest BCUT2D eigenvalue weighted by molar-refractivity contribution is 5.77. The molecule has 2 N–H and O–H groups in total. The van der Waals surface area contributed by atoms with Gasteiger partial charge in [0.25, 0.3) is 0 Å². The van der Waals surface area contributed by atoms with Gasteiger partial charge < -0.3 is 15.5 Å². The molecule has 4 heteroatoms. The van der Waals surface area contributed by atoms with Crippen LogP contribution >= 0.6 is 0 Å². The molecule has 0 aromatic carbocycles. The highest BCUT2D eigenvalue weighted by Gasteiger charge is 2.06. The second-order valence-corrected chi connectivity index (χ2v) is 5.45.